The molecule has 0 aromatic carbocycles. The third kappa shape index (κ3) is 3.33. The third-order valence-corrected chi connectivity index (χ3v) is 3.28. The highest BCUT2D eigenvalue weighted by Crippen LogP contribution is 2.12. The zero-order chi connectivity index (χ0) is 14.7. The molecule has 0 radical (unpaired) electrons. The number of hydrogen-bond donors (Lipinski definition) is 2. The average molecular weight is 275 g/mol. The topological polar surface area (TPSA) is 75.6 Å². The van der Waals surface area contributed by atoms with Crippen LogP contribution in [0.5, 0.6) is 0 Å². The van der Waals surface area contributed by atoms with Gasteiger partial charge in [-0.15, -0.1) is 0 Å². The van der Waals surface area contributed by atoms with Gasteiger partial charge in [-0.2, -0.15) is 0 Å². The molecule has 0 aliphatic heterocycles. The minimum atomic E-state index is -0.0650. The van der Waals surface area contributed by atoms with Crippen LogP contribution < -0.4 is 10.9 Å². The molecule has 2 atom stereocenters. The van der Waals surface area contributed by atoms with Crippen molar-refractivity contribution in [3.63, 3.8) is 0 Å². The number of nitrogens with zero attached hydrogens (tertiary/aromatic N) is 3. The van der Waals surface area contributed by atoms with Gasteiger partial charge in [0.1, 0.15) is 5.82 Å². The van der Waals surface area contributed by atoms with Crippen LogP contribution in [0.2, 0.25) is 0 Å². The predicted octanol–water partition coefficient (Wildman–Crippen LogP) is 1.32. The molecule has 6 heteroatoms. The van der Waals surface area contributed by atoms with Gasteiger partial charge >= 0.3 is 0 Å². The Kier molecular flexibility index (Phi) is 4.34. The maximum absolute atomic E-state index is 12.1. The summed E-state index contributed by atoms with van der Waals surface area (Å²) in [5.41, 5.74) is 1.42. The first-order valence-electron chi connectivity index (χ1n) is 6.76. The molecule has 2 unspecified atom stereocenters. The van der Waals surface area contributed by atoms with Crippen LogP contribution >= 0.6 is 0 Å². The molecule has 2 aromatic heterocycles. The van der Waals surface area contributed by atoms with E-state index in [1.165, 1.54) is 0 Å². The molecule has 108 valence electrons. The maximum Gasteiger partial charge on any atom is 0.255 e. The zero-order valence-electron chi connectivity index (χ0n) is 12.3. The molecule has 2 N–H and O–H groups in total. The smallest absolute Gasteiger partial charge is 0.255 e. The van der Waals surface area contributed by atoms with Crippen LogP contribution in [0.15, 0.2) is 23.5 Å². The van der Waals surface area contributed by atoms with Gasteiger partial charge in [-0.25, -0.2) is 9.97 Å². The van der Waals surface area contributed by atoms with Gasteiger partial charge in [0.2, 0.25) is 0 Å². The number of imidazole rings is 1. The fraction of sp³-hybridized carbons (Fsp3) is 0.500. The van der Waals surface area contributed by atoms with Crippen molar-refractivity contribution < 1.29 is 0 Å². The molecule has 0 saturated carbocycles. The summed E-state index contributed by atoms with van der Waals surface area (Å²) in [5, 5.41) is 3.43. The van der Waals surface area contributed by atoms with Crippen molar-refractivity contribution >= 4 is 0 Å². The third-order valence-electron chi connectivity index (χ3n) is 3.28. The Hall–Kier alpha value is -1.95. The number of aryl methyl sites for hydroxylation is 2. The van der Waals surface area contributed by atoms with Crippen LogP contribution in [-0.2, 0) is 6.54 Å². The molecule has 2 heterocycles. The second kappa shape index (κ2) is 6.00. The van der Waals surface area contributed by atoms with E-state index in [2.05, 4.69) is 27.2 Å². The van der Waals surface area contributed by atoms with E-state index < -0.39 is 0 Å². The lowest BCUT2D eigenvalue weighted by Crippen LogP contribution is -2.35. The summed E-state index contributed by atoms with van der Waals surface area (Å²) in [6.45, 7) is 8.54. The summed E-state index contributed by atoms with van der Waals surface area (Å²) in [4.78, 5) is 23.2. The number of hydrogen-bond acceptors (Lipinski definition) is 4. The van der Waals surface area contributed by atoms with Crippen molar-refractivity contribution in [3.8, 4) is 0 Å². The quantitative estimate of drug-likeness (QED) is 0.863. The lowest BCUT2D eigenvalue weighted by atomic mass is 10.1. The summed E-state index contributed by atoms with van der Waals surface area (Å²) >= 11 is 0. The SMILES string of the molecule is Cc1nc(C)c(C(C)NC(C)Cn2ccnc2)c(=O)[nH]1. The summed E-state index contributed by atoms with van der Waals surface area (Å²) in [5.74, 6) is 0.648. The molecule has 0 fully saturated rings. The van der Waals surface area contributed by atoms with Gasteiger partial charge in [0.25, 0.3) is 5.56 Å². The second-order valence-corrected chi connectivity index (χ2v) is 5.20. The molecular weight excluding hydrogens is 254 g/mol. The Morgan fingerprint density at radius 2 is 2.15 bits per heavy atom. The monoisotopic (exact) mass is 275 g/mol. The minimum absolute atomic E-state index is 0.0506. The molecule has 0 amide bonds. The predicted molar refractivity (Wildman–Crippen MR) is 77.6 cm³/mol. The van der Waals surface area contributed by atoms with Gasteiger partial charge in [-0.1, -0.05) is 0 Å². The number of rotatable bonds is 5. The highest BCUT2D eigenvalue weighted by molar-refractivity contribution is 5.20. The van der Waals surface area contributed by atoms with E-state index in [1.54, 1.807) is 19.4 Å². The first-order valence-corrected chi connectivity index (χ1v) is 6.76. The van der Waals surface area contributed by atoms with Crippen LogP contribution in [-0.4, -0.2) is 25.6 Å². The lowest BCUT2D eigenvalue weighted by Gasteiger charge is -2.21. The fourth-order valence-corrected chi connectivity index (χ4v) is 2.52. The van der Waals surface area contributed by atoms with E-state index in [1.807, 2.05) is 24.6 Å². The molecule has 0 spiro atoms. The molecule has 0 saturated heterocycles. The van der Waals surface area contributed by atoms with Gasteiger partial charge in [0.15, 0.2) is 0 Å². The van der Waals surface area contributed by atoms with Crippen molar-refractivity contribution in [3.05, 3.63) is 46.2 Å². The summed E-state index contributed by atoms with van der Waals surface area (Å²) in [7, 11) is 0. The zero-order valence-corrected chi connectivity index (χ0v) is 12.3. The first kappa shape index (κ1) is 14.5. The van der Waals surface area contributed by atoms with Crippen molar-refractivity contribution in [1.82, 2.24) is 24.8 Å². The van der Waals surface area contributed by atoms with Crippen LogP contribution in [0.25, 0.3) is 0 Å². The van der Waals surface area contributed by atoms with Gasteiger partial charge in [0, 0.05) is 36.7 Å². The van der Waals surface area contributed by atoms with Gasteiger partial charge in [0.05, 0.1) is 11.9 Å². The highest BCUT2D eigenvalue weighted by Gasteiger charge is 2.16. The summed E-state index contributed by atoms with van der Waals surface area (Å²) in [6, 6.07) is 0.171. The number of H-pyrrole nitrogens is 1. The molecule has 2 rings (SSSR count). The minimum Gasteiger partial charge on any atom is -0.336 e. The number of nitrogens with one attached hydrogen (secondary N) is 2. The van der Waals surface area contributed by atoms with E-state index in [-0.39, 0.29) is 17.6 Å². The van der Waals surface area contributed by atoms with Gasteiger partial charge < -0.3 is 14.9 Å². The average Bonchev–Trinajstić information content (AvgIpc) is 2.79. The molecule has 0 aliphatic carbocycles. The van der Waals surface area contributed by atoms with Crippen molar-refractivity contribution in [2.75, 3.05) is 0 Å². The van der Waals surface area contributed by atoms with Crippen LogP contribution in [0, 0.1) is 13.8 Å². The maximum atomic E-state index is 12.1. The Balaban J connectivity index is 2.08. The highest BCUT2D eigenvalue weighted by atomic mass is 16.1. The molecule has 2 aromatic rings. The lowest BCUT2D eigenvalue weighted by molar-refractivity contribution is 0.426. The largest absolute Gasteiger partial charge is 0.336 e. The van der Waals surface area contributed by atoms with Crippen molar-refractivity contribution in [2.24, 2.45) is 0 Å². The summed E-state index contributed by atoms with van der Waals surface area (Å²) < 4.78 is 2.01. The van der Waals surface area contributed by atoms with Crippen LogP contribution in [0.4, 0.5) is 0 Å². The molecule has 20 heavy (non-hydrogen) atoms. The molecule has 0 aliphatic rings. The Morgan fingerprint density at radius 1 is 1.40 bits per heavy atom. The molecule has 6 nitrogen and oxygen atoms in total. The Labute approximate surface area is 118 Å². The molecule has 0 bridgehead atoms. The number of aromatic amines is 1. The summed E-state index contributed by atoms with van der Waals surface area (Å²) in [6.07, 6.45) is 5.47. The Morgan fingerprint density at radius 3 is 2.75 bits per heavy atom. The van der Waals surface area contributed by atoms with Gasteiger partial charge in [-0.05, 0) is 27.7 Å². The van der Waals surface area contributed by atoms with E-state index in [9.17, 15) is 4.79 Å². The van der Waals surface area contributed by atoms with Crippen LogP contribution in [0.3, 0.4) is 0 Å². The standard InChI is InChI=1S/C14H21N5O/c1-9(7-19-6-5-15-8-19)16-10(2)13-11(3)17-12(4)18-14(13)20/h5-6,8-10,16H,7H2,1-4H3,(H,17,18,20). The second-order valence-electron chi connectivity index (χ2n) is 5.20. The first-order chi connectivity index (χ1) is 9.47. The van der Waals surface area contributed by atoms with Crippen molar-refractivity contribution in [1.29, 1.82) is 0 Å². The number of aromatic nitrogens is 4. The Bertz CT molecular complexity index is 617. The van der Waals surface area contributed by atoms with E-state index in [0.717, 1.165) is 12.2 Å². The van der Waals surface area contributed by atoms with Crippen LogP contribution in [0.1, 0.15) is 37.0 Å². The molecular formula is C14H21N5O. The normalized spacial score (nSPS) is 14.2. The van der Waals surface area contributed by atoms with Crippen molar-refractivity contribution in [2.45, 2.75) is 46.3 Å². The van der Waals surface area contributed by atoms with E-state index in [4.69, 9.17) is 0 Å². The van der Waals surface area contributed by atoms with E-state index >= 15 is 0 Å². The van der Waals surface area contributed by atoms with E-state index in [0.29, 0.717) is 11.4 Å². The fourth-order valence-electron chi connectivity index (χ4n) is 2.52. The van der Waals surface area contributed by atoms with Gasteiger partial charge in [-0.3, -0.25) is 4.79 Å².